The molecule has 0 spiro atoms. The van der Waals surface area contributed by atoms with Crippen LogP contribution in [-0.4, -0.2) is 26.2 Å². The Morgan fingerprint density at radius 2 is 2.11 bits per heavy atom. The molecule has 0 fully saturated rings. The summed E-state index contributed by atoms with van der Waals surface area (Å²) in [5, 5.41) is 12.8. The standard InChI is InChI=1S/C18H15F3N6O/c1-11-12(7-13(8-22)26(11)2)9-23-25-16(28)10-27-15-6-4-3-5-14(15)24-17(27)18(19,20)21/h3-7,9H,10H2,1-2H3,(H,25,28). The Bertz CT molecular complexity index is 1120. The van der Waals surface area contributed by atoms with Gasteiger partial charge < -0.3 is 9.13 Å². The lowest BCUT2D eigenvalue weighted by atomic mass is 10.3. The van der Waals surface area contributed by atoms with E-state index >= 15 is 0 Å². The van der Waals surface area contributed by atoms with Gasteiger partial charge in [-0.25, -0.2) is 10.4 Å². The lowest BCUT2D eigenvalue weighted by molar-refractivity contribution is -0.147. The van der Waals surface area contributed by atoms with Crippen LogP contribution < -0.4 is 5.43 Å². The zero-order chi connectivity index (χ0) is 20.5. The predicted octanol–water partition coefficient (Wildman–Crippen LogP) is 2.72. The van der Waals surface area contributed by atoms with E-state index in [1.54, 1.807) is 36.7 Å². The number of para-hydroxylation sites is 2. The van der Waals surface area contributed by atoms with Crippen LogP contribution in [0, 0.1) is 18.3 Å². The summed E-state index contributed by atoms with van der Waals surface area (Å²) in [6.07, 6.45) is -3.36. The van der Waals surface area contributed by atoms with Crippen LogP contribution in [0.25, 0.3) is 11.0 Å². The van der Waals surface area contributed by atoms with E-state index in [1.165, 1.54) is 18.3 Å². The molecule has 10 heteroatoms. The Morgan fingerprint density at radius 3 is 2.75 bits per heavy atom. The zero-order valence-electron chi connectivity index (χ0n) is 14.9. The fraction of sp³-hybridized carbons (Fsp3) is 0.222. The lowest BCUT2D eigenvalue weighted by Gasteiger charge is -2.10. The van der Waals surface area contributed by atoms with E-state index in [4.69, 9.17) is 5.26 Å². The number of hydrogen-bond acceptors (Lipinski definition) is 4. The Balaban J connectivity index is 1.80. The number of alkyl halides is 3. The lowest BCUT2D eigenvalue weighted by Crippen LogP contribution is -2.26. The largest absolute Gasteiger partial charge is 0.449 e. The second kappa shape index (κ2) is 7.19. The first-order valence-corrected chi connectivity index (χ1v) is 8.13. The number of aromatic nitrogens is 3. The number of carbonyl (C=O) groups is 1. The number of nitrogens with zero attached hydrogens (tertiary/aromatic N) is 5. The smallest absolute Gasteiger partial charge is 0.339 e. The molecule has 0 unspecified atom stereocenters. The van der Waals surface area contributed by atoms with Crippen molar-refractivity contribution in [2.24, 2.45) is 12.1 Å². The number of benzene rings is 1. The van der Waals surface area contributed by atoms with Gasteiger partial charge in [-0.3, -0.25) is 4.79 Å². The third-order valence-corrected chi connectivity index (χ3v) is 4.29. The third-order valence-electron chi connectivity index (χ3n) is 4.29. The number of amides is 1. The predicted molar refractivity (Wildman–Crippen MR) is 95.3 cm³/mol. The molecule has 0 aliphatic carbocycles. The molecular weight excluding hydrogens is 373 g/mol. The molecule has 1 aromatic carbocycles. The van der Waals surface area contributed by atoms with Crippen LogP contribution in [0.1, 0.15) is 22.8 Å². The Morgan fingerprint density at radius 1 is 1.39 bits per heavy atom. The van der Waals surface area contributed by atoms with Gasteiger partial charge in [0.25, 0.3) is 5.91 Å². The van der Waals surface area contributed by atoms with Gasteiger partial charge in [0.05, 0.1) is 17.2 Å². The topological polar surface area (TPSA) is 88.0 Å². The van der Waals surface area contributed by atoms with Crippen molar-refractivity contribution >= 4 is 23.2 Å². The maximum atomic E-state index is 13.3. The van der Waals surface area contributed by atoms with Crippen molar-refractivity contribution in [1.29, 1.82) is 5.26 Å². The quantitative estimate of drug-likeness (QED) is 0.551. The number of carbonyl (C=O) groups excluding carboxylic acids is 1. The van der Waals surface area contributed by atoms with E-state index in [9.17, 15) is 18.0 Å². The molecular formula is C18H15F3N6O. The highest BCUT2D eigenvalue weighted by Crippen LogP contribution is 2.31. The van der Waals surface area contributed by atoms with E-state index in [2.05, 4.69) is 15.5 Å². The van der Waals surface area contributed by atoms with Crippen LogP contribution in [0.3, 0.4) is 0 Å². The van der Waals surface area contributed by atoms with Crippen LogP contribution in [0.5, 0.6) is 0 Å². The highest BCUT2D eigenvalue weighted by Gasteiger charge is 2.37. The second-order valence-corrected chi connectivity index (χ2v) is 6.04. The van der Waals surface area contributed by atoms with Crippen molar-refractivity contribution in [2.45, 2.75) is 19.6 Å². The zero-order valence-corrected chi connectivity index (χ0v) is 14.9. The maximum absolute atomic E-state index is 13.3. The van der Waals surface area contributed by atoms with E-state index in [-0.39, 0.29) is 11.0 Å². The maximum Gasteiger partial charge on any atom is 0.449 e. The average molecular weight is 388 g/mol. The van der Waals surface area contributed by atoms with Crippen molar-refractivity contribution < 1.29 is 18.0 Å². The van der Waals surface area contributed by atoms with Crippen molar-refractivity contribution in [1.82, 2.24) is 19.5 Å². The number of fused-ring (bicyclic) bond motifs is 1. The number of rotatable bonds is 4. The Hall–Kier alpha value is -3.61. The molecule has 3 rings (SSSR count). The van der Waals surface area contributed by atoms with Gasteiger partial charge in [0, 0.05) is 18.3 Å². The van der Waals surface area contributed by atoms with Gasteiger partial charge >= 0.3 is 6.18 Å². The average Bonchev–Trinajstić information content (AvgIpc) is 3.14. The minimum atomic E-state index is -4.70. The molecule has 0 saturated heterocycles. The van der Waals surface area contributed by atoms with Gasteiger partial charge in [-0.2, -0.15) is 23.5 Å². The SMILES string of the molecule is Cc1c(C=NNC(=O)Cn2c(C(F)(F)F)nc3ccccc32)cc(C#N)n1C. The van der Waals surface area contributed by atoms with Crippen LogP contribution in [0.15, 0.2) is 35.4 Å². The van der Waals surface area contributed by atoms with Gasteiger partial charge in [-0.15, -0.1) is 0 Å². The fourth-order valence-electron chi connectivity index (χ4n) is 2.77. The molecule has 0 atom stereocenters. The molecule has 2 aromatic heterocycles. The van der Waals surface area contributed by atoms with Crippen molar-refractivity contribution in [3.63, 3.8) is 0 Å². The van der Waals surface area contributed by atoms with E-state index in [1.807, 2.05) is 6.07 Å². The first kappa shape index (κ1) is 19.2. The summed E-state index contributed by atoms with van der Waals surface area (Å²) < 4.78 is 42.2. The summed E-state index contributed by atoms with van der Waals surface area (Å²) in [6.45, 7) is 1.18. The number of hydrazone groups is 1. The molecule has 0 aliphatic rings. The number of halogens is 3. The molecule has 3 aromatic rings. The van der Waals surface area contributed by atoms with E-state index in [0.717, 1.165) is 10.3 Å². The highest BCUT2D eigenvalue weighted by molar-refractivity contribution is 5.85. The van der Waals surface area contributed by atoms with Crippen molar-refractivity contribution in [3.8, 4) is 6.07 Å². The summed E-state index contributed by atoms with van der Waals surface area (Å²) in [6, 6.07) is 9.67. The van der Waals surface area contributed by atoms with Gasteiger partial charge in [-0.1, -0.05) is 12.1 Å². The number of hydrogen-bond donors (Lipinski definition) is 1. The third kappa shape index (κ3) is 3.59. The molecule has 1 amide bonds. The molecule has 144 valence electrons. The van der Waals surface area contributed by atoms with Gasteiger partial charge in [0.15, 0.2) is 0 Å². The molecule has 7 nitrogen and oxygen atoms in total. The number of imidazole rings is 1. The number of nitriles is 1. The molecule has 2 heterocycles. The summed E-state index contributed by atoms with van der Waals surface area (Å²) >= 11 is 0. The molecule has 0 saturated carbocycles. The second-order valence-electron chi connectivity index (χ2n) is 6.04. The van der Waals surface area contributed by atoms with Crippen molar-refractivity contribution in [2.75, 3.05) is 0 Å². The van der Waals surface area contributed by atoms with Crippen LogP contribution in [-0.2, 0) is 24.6 Å². The van der Waals surface area contributed by atoms with Crippen LogP contribution in [0.2, 0.25) is 0 Å². The first-order chi connectivity index (χ1) is 13.2. The molecule has 0 aliphatic heterocycles. The molecule has 28 heavy (non-hydrogen) atoms. The highest BCUT2D eigenvalue weighted by atomic mass is 19.4. The fourth-order valence-corrected chi connectivity index (χ4v) is 2.77. The minimum absolute atomic E-state index is 0.148. The molecule has 0 radical (unpaired) electrons. The van der Waals surface area contributed by atoms with Gasteiger partial charge in [0.1, 0.15) is 18.3 Å². The van der Waals surface area contributed by atoms with Crippen molar-refractivity contribution in [3.05, 3.63) is 53.1 Å². The summed E-state index contributed by atoms with van der Waals surface area (Å²) in [5.41, 5.74) is 4.35. The monoisotopic (exact) mass is 388 g/mol. The Kier molecular flexibility index (Phi) is 4.92. The summed E-state index contributed by atoms with van der Waals surface area (Å²) in [7, 11) is 1.71. The summed E-state index contributed by atoms with van der Waals surface area (Å²) in [4.78, 5) is 15.7. The summed E-state index contributed by atoms with van der Waals surface area (Å²) in [5.74, 6) is -1.88. The van der Waals surface area contributed by atoms with Gasteiger partial charge in [0.2, 0.25) is 5.82 Å². The Labute approximate surface area is 157 Å². The first-order valence-electron chi connectivity index (χ1n) is 8.13. The van der Waals surface area contributed by atoms with Crippen LogP contribution >= 0.6 is 0 Å². The molecule has 1 N–H and O–H groups in total. The van der Waals surface area contributed by atoms with Crippen LogP contribution in [0.4, 0.5) is 13.2 Å². The number of nitrogens with one attached hydrogen (secondary N) is 1. The van der Waals surface area contributed by atoms with Gasteiger partial charge in [-0.05, 0) is 25.1 Å². The van der Waals surface area contributed by atoms with E-state index < -0.39 is 24.5 Å². The van der Waals surface area contributed by atoms with E-state index in [0.29, 0.717) is 11.3 Å². The normalized spacial score (nSPS) is 11.9. The molecule has 0 bridgehead atoms. The minimum Gasteiger partial charge on any atom is -0.339 e.